The highest BCUT2D eigenvalue weighted by atomic mass is 16.4. The largest absolute Gasteiger partial charge is 0.477 e. The maximum absolute atomic E-state index is 11.4. The fourth-order valence-electron chi connectivity index (χ4n) is 6.46. The number of carboxylic acids is 1. The van der Waals surface area contributed by atoms with E-state index >= 15 is 0 Å². The van der Waals surface area contributed by atoms with Crippen molar-refractivity contribution in [2.45, 2.75) is 39.0 Å². The molecule has 0 spiro atoms. The van der Waals surface area contributed by atoms with Crippen molar-refractivity contribution in [1.82, 2.24) is 0 Å². The van der Waals surface area contributed by atoms with Crippen LogP contribution in [0.2, 0.25) is 0 Å². The van der Waals surface area contributed by atoms with E-state index in [0.29, 0.717) is 5.92 Å². The minimum Gasteiger partial charge on any atom is -0.477 e. The van der Waals surface area contributed by atoms with Gasteiger partial charge in [-0.2, -0.15) is 5.26 Å². The Morgan fingerprint density at radius 3 is 2.02 bits per heavy atom. The van der Waals surface area contributed by atoms with Crippen LogP contribution in [0.15, 0.2) is 157 Å². The van der Waals surface area contributed by atoms with Gasteiger partial charge < -0.3 is 14.9 Å². The summed E-state index contributed by atoms with van der Waals surface area (Å²) in [5.74, 6) is -0.702. The van der Waals surface area contributed by atoms with E-state index in [1.807, 2.05) is 42.5 Å². The van der Waals surface area contributed by atoms with Crippen molar-refractivity contribution in [1.29, 1.82) is 5.26 Å². The lowest BCUT2D eigenvalue weighted by molar-refractivity contribution is -0.132. The number of allylic oxidation sites excluding steroid dienone is 4. The molecule has 0 saturated carbocycles. The Bertz CT molecular complexity index is 2020. The maximum Gasteiger partial charge on any atom is 0.346 e. The second kappa shape index (κ2) is 15.9. The number of carboxylic acid groups (broad SMARTS) is 1. The Morgan fingerprint density at radius 2 is 1.42 bits per heavy atom. The standard InChI is InChI=1S/C45H41N3O2/c1-3-33(2)34-20-25-39(26-21-34)47-30-12-14-37-31-36(24-29-44(37)47)43(19-11-10-13-38(32-46)45(49)50)35-22-27-42(28-23-35)48(40-15-6-4-7-16-40)41-17-8-5-9-18-41/h4-11,13,15-29,31,33H,3,12,14,30H2,1-2H3,(H,49,50)/b11-10+,38-13+,43-19+. The Balaban J connectivity index is 1.37. The average molecular weight is 656 g/mol. The van der Waals surface area contributed by atoms with Crippen molar-refractivity contribution < 1.29 is 9.90 Å². The van der Waals surface area contributed by atoms with E-state index in [4.69, 9.17) is 0 Å². The van der Waals surface area contributed by atoms with Gasteiger partial charge >= 0.3 is 5.97 Å². The van der Waals surface area contributed by atoms with Gasteiger partial charge in [-0.25, -0.2) is 4.79 Å². The van der Waals surface area contributed by atoms with E-state index in [1.165, 1.54) is 28.6 Å². The zero-order valence-electron chi connectivity index (χ0n) is 28.5. The summed E-state index contributed by atoms with van der Waals surface area (Å²) in [6.07, 6.45) is 9.89. The van der Waals surface area contributed by atoms with Gasteiger partial charge in [-0.1, -0.05) is 98.8 Å². The molecule has 6 rings (SSSR count). The van der Waals surface area contributed by atoms with Crippen LogP contribution >= 0.6 is 0 Å². The lowest BCUT2D eigenvalue weighted by atomic mass is 9.92. The molecule has 1 aliphatic heterocycles. The van der Waals surface area contributed by atoms with Crippen LogP contribution in [0.25, 0.3) is 5.57 Å². The summed E-state index contributed by atoms with van der Waals surface area (Å²) in [5.41, 5.74) is 11.0. The molecular weight excluding hydrogens is 615 g/mol. The van der Waals surface area contributed by atoms with Gasteiger partial charge in [0.25, 0.3) is 0 Å². The molecule has 1 heterocycles. The normalized spacial score (nSPS) is 13.8. The molecule has 50 heavy (non-hydrogen) atoms. The number of benzene rings is 5. The Morgan fingerprint density at radius 1 is 0.820 bits per heavy atom. The van der Waals surface area contributed by atoms with Gasteiger partial charge in [0.15, 0.2) is 0 Å². The molecule has 0 saturated heterocycles. The Kier molecular flexibility index (Phi) is 10.7. The predicted molar refractivity (Wildman–Crippen MR) is 206 cm³/mol. The van der Waals surface area contributed by atoms with Crippen LogP contribution in [0, 0.1) is 11.3 Å². The smallest absolute Gasteiger partial charge is 0.346 e. The number of fused-ring (bicyclic) bond motifs is 1. The molecule has 1 atom stereocenters. The number of hydrogen-bond acceptors (Lipinski definition) is 4. The van der Waals surface area contributed by atoms with Gasteiger partial charge in [0.1, 0.15) is 11.6 Å². The Hall–Kier alpha value is -6.12. The monoisotopic (exact) mass is 655 g/mol. The first-order valence-corrected chi connectivity index (χ1v) is 17.2. The van der Waals surface area contributed by atoms with E-state index in [0.717, 1.165) is 59.6 Å². The van der Waals surface area contributed by atoms with Crippen molar-refractivity contribution >= 4 is 40.0 Å². The van der Waals surface area contributed by atoms with Crippen molar-refractivity contribution in [3.05, 3.63) is 180 Å². The highest BCUT2D eigenvalue weighted by Gasteiger charge is 2.20. The molecule has 0 aromatic heterocycles. The first-order chi connectivity index (χ1) is 24.5. The van der Waals surface area contributed by atoms with Crippen LogP contribution in [0.5, 0.6) is 0 Å². The average Bonchev–Trinajstić information content (AvgIpc) is 3.17. The molecule has 0 fully saturated rings. The number of nitrogens with zero attached hydrogens (tertiary/aromatic N) is 3. The van der Waals surface area contributed by atoms with Crippen LogP contribution in [-0.4, -0.2) is 17.6 Å². The summed E-state index contributed by atoms with van der Waals surface area (Å²) >= 11 is 0. The van der Waals surface area contributed by atoms with E-state index in [-0.39, 0.29) is 5.57 Å². The van der Waals surface area contributed by atoms with Gasteiger partial charge in [-0.15, -0.1) is 0 Å². The molecule has 0 bridgehead atoms. The van der Waals surface area contributed by atoms with Gasteiger partial charge in [-0.3, -0.25) is 0 Å². The number of nitriles is 1. The van der Waals surface area contributed by atoms with Crippen molar-refractivity contribution in [2.75, 3.05) is 16.3 Å². The molecule has 0 aliphatic carbocycles. The fraction of sp³-hybridized carbons (Fsp3) is 0.156. The van der Waals surface area contributed by atoms with Crippen LogP contribution in [0.3, 0.4) is 0 Å². The molecule has 1 aliphatic rings. The summed E-state index contributed by atoms with van der Waals surface area (Å²) in [6.45, 7) is 5.47. The van der Waals surface area contributed by atoms with E-state index < -0.39 is 5.97 Å². The summed E-state index contributed by atoms with van der Waals surface area (Å²) in [7, 11) is 0. The second-order valence-corrected chi connectivity index (χ2v) is 12.5. The predicted octanol–water partition coefficient (Wildman–Crippen LogP) is 11.3. The summed E-state index contributed by atoms with van der Waals surface area (Å²) in [6, 6.07) is 46.6. The van der Waals surface area contributed by atoms with Crippen LogP contribution < -0.4 is 9.80 Å². The molecule has 0 amide bonds. The lowest BCUT2D eigenvalue weighted by Gasteiger charge is -2.32. The summed E-state index contributed by atoms with van der Waals surface area (Å²) < 4.78 is 0. The topological polar surface area (TPSA) is 67.6 Å². The number of aryl methyl sites for hydroxylation is 1. The van der Waals surface area contributed by atoms with Crippen molar-refractivity contribution in [3.8, 4) is 6.07 Å². The quantitative estimate of drug-likeness (QED) is 0.0871. The van der Waals surface area contributed by atoms with Crippen molar-refractivity contribution in [2.24, 2.45) is 0 Å². The maximum atomic E-state index is 11.4. The zero-order chi connectivity index (χ0) is 34.9. The van der Waals surface area contributed by atoms with Crippen molar-refractivity contribution in [3.63, 3.8) is 0 Å². The molecule has 1 N–H and O–H groups in total. The van der Waals surface area contributed by atoms with E-state index in [2.05, 4.69) is 115 Å². The van der Waals surface area contributed by atoms with E-state index in [9.17, 15) is 15.2 Å². The molecular formula is C45H41N3O2. The minimum atomic E-state index is -1.24. The number of para-hydroxylation sites is 2. The van der Waals surface area contributed by atoms with Crippen LogP contribution in [-0.2, 0) is 11.2 Å². The van der Waals surface area contributed by atoms with Gasteiger partial charge in [-0.05, 0) is 120 Å². The van der Waals surface area contributed by atoms with Gasteiger partial charge in [0, 0.05) is 35.0 Å². The molecule has 248 valence electrons. The summed E-state index contributed by atoms with van der Waals surface area (Å²) in [4.78, 5) is 16.0. The van der Waals surface area contributed by atoms with E-state index in [1.54, 1.807) is 18.2 Å². The summed E-state index contributed by atoms with van der Waals surface area (Å²) in [5, 5.41) is 18.5. The van der Waals surface area contributed by atoms with Crippen LogP contribution in [0.4, 0.5) is 28.4 Å². The molecule has 0 radical (unpaired) electrons. The van der Waals surface area contributed by atoms with Crippen LogP contribution in [0.1, 0.15) is 54.9 Å². The zero-order valence-corrected chi connectivity index (χ0v) is 28.5. The SMILES string of the molecule is CCC(C)c1ccc(N2CCCc3cc(/C(=C/C=C/C=C(\C#N)C(=O)O)c4ccc(N(c5ccccc5)c5ccccc5)cc4)ccc32)cc1. The number of anilines is 5. The molecule has 5 aromatic carbocycles. The lowest BCUT2D eigenvalue weighted by Crippen LogP contribution is -2.24. The molecule has 5 nitrogen and oxygen atoms in total. The second-order valence-electron chi connectivity index (χ2n) is 12.5. The first-order valence-electron chi connectivity index (χ1n) is 17.2. The highest BCUT2D eigenvalue weighted by molar-refractivity contribution is 5.91. The first kappa shape index (κ1) is 33.8. The van der Waals surface area contributed by atoms with Gasteiger partial charge in [0.2, 0.25) is 0 Å². The third-order valence-corrected chi connectivity index (χ3v) is 9.35. The fourth-order valence-corrected chi connectivity index (χ4v) is 6.46. The Labute approximate surface area is 295 Å². The number of carbonyl (C=O) groups is 1. The number of hydrogen-bond donors (Lipinski definition) is 1. The highest BCUT2D eigenvalue weighted by Crippen LogP contribution is 2.39. The van der Waals surface area contributed by atoms with Gasteiger partial charge in [0.05, 0.1) is 0 Å². The number of rotatable bonds is 11. The third-order valence-electron chi connectivity index (χ3n) is 9.35. The molecule has 1 unspecified atom stereocenters. The minimum absolute atomic E-state index is 0.312. The molecule has 5 aromatic rings. The third kappa shape index (κ3) is 7.61. The molecule has 5 heteroatoms. The number of aliphatic carboxylic acids is 1.